The number of para-hydroxylation sites is 2. The standard InChI is InChI=1S/C34H37F2N7O7/c35-20-10-8-19(22(36)15-20)9-12-30(45)39-21-16-28-32(47)42-26(34(49)50)11-13-29(44)37-14-4-3-7-25(33(48)43(28)18-21)41-31(46)27-17-38-23-5-1-2-6-24(23)40-27/h1-2,5-6,8,10,15,17,21,25-26,28H,3-4,7,9,11-14,16,18H2,(H,37,44)(H,39,45)(H,41,46)(H,42,47)(H,49,50)/t21-,25+,26+,28+/m1/s1. The van der Waals surface area contributed by atoms with E-state index in [1.807, 2.05) is 0 Å². The number of halogens is 2. The zero-order valence-corrected chi connectivity index (χ0v) is 27.0. The number of aromatic nitrogens is 2. The van der Waals surface area contributed by atoms with Crippen molar-refractivity contribution in [3.8, 4) is 0 Å². The highest BCUT2D eigenvalue weighted by molar-refractivity contribution is 5.98. The maximum Gasteiger partial charge on any atom is 0.326 e. The lowest BCUT2D eigenvalue weighted by Gasteiger charge is -2.29. The van der Waals surface area contributed by atoms with Crippen LogP contribution >= 0.6 is 0 Å². The topological polar surface area (TPSA) is 200 Å². The maximum absolute atomic E-state index is 14.2. The fourth-order valence-corrected chi connectivity index (χ4v) is 6.05. The lowest BCUT2D eigenvalue weighted by atomic mass is 10.1. The van der Waals surface area contributed by atoms with Gasteiger partial charge in [0.25, 0.3) is 5.91 Å². The molecular formula is C34H37F2N7O7. The molecule has 2 saturated heterocycles. The van der Waals surface area contributed by atoms with Crippen molar-refractivity contribution in [2.75, 3.05) is 13.1 Å². The van der Waals surface area contributed by atoms with Crippen LogP contribution in [0.4, 0.5) is 8.78 Å². The van der Waals surface area contributed by atoms with E-state index in [2.05, 4.69) is 31.2 Å². The van der Waals surface area contributed by atoms with Crippen LogP contribution in [0.5, 0.6) is 0 Å². The molecule has 3 heterocycles. The number of fused-ring (bicyclic) bond motifs is 2. The normalized spacial score (nSPS) is 22.0. The number of nitrogens with zero attached hydrogens (tertiary/aromatic N) is 3. The second-order valence-corrected chi connectivity index (χ2v) is 12.3. The van der Waals surface area contributed by atoms with Gasteiger partial charge >= 0.3 is 5.97 Å². The molecule has 3 aromatic rings. The van der Waals surface area contributed by atoms with Crippen molar-refractivity contribution in [2.45, 2.75) is 75.5 Å². The van der Waals surface area contributed by atoms with Crippen LogP contribution in [0.25, 0.3) is 11.0 Å². The number of amides is 5. The number of aryl methyl sites for hydroxylation is 1. The Kier molecular flexibility index (Phi) is 11.6. The lowest BCUT2D eigenvalue weighted by Crippen LogP contribution is -2.55. The van der Waals surface area contributed by atoms with Gasteiger partial charge in [-0.3, -0.25) is 29.0 Å². The van der Waals surface area contributed by atoms with E-state index in [9.17, 15) is 42.7 Å². The average molecular weight is 694 g/mol. The molecule has 2 fully saturated rings. The highest BCUT2D eigenvalue weighted by Gasteiger charge is 2.43. The second-order valence-electron chi connectivity index (χ2n) is 12.3. The summed E-state index contributed by atoms with van der Waals surface area (Å²) in [5, 5.41) is 20.4. The van der Waals surface area contributed by atoms with E-state index in [1.165, 1.54) is 17.2 Å². The van der Waals surface area contributed by atoms with Crippen LogP contribution in [0.15, 0.2) is 48.7 Å². The van der Waals surface area contributed by atoms with Crippen LogP contribution < -0.4 is 21.3 Å². The second kappa shape index (κ2) is 16.2. The summed E-state index contributed by atoms with van der Waals surface area (Å²) in [6.45, 7) is 0.101. The van der Waals surface area contributed by atoms with Crippen molar-refractivity contribution in [3.63, 3.8) is 0 Å². The molecule has 264 valence electrons. The number of aliphatic carboxylic acids is 1. The summed E-state index contributed by atoms with van der Waals surface area (Å²) in [6.07, 6.45) is 1.60. The number of carbonyl (C=O) groups excluding carboxylic acids is 5. The van der Waals surface area contributed by atoms with E-state index in [1.54, 1.807) is 24.3 Å². The Hall–Kier alpha value is -5.54. The summed E-state index contributed by atoms with van der Waals surface area (Å²) in [5.41, 5.74) is 1.13. The number of benzene rings is 2. The molecule has 4 atom stereocenters. The summed E-state index contributed by atoms with van der Waals surface area (Å²) >= 11 is 0. The minimum absolute atomic E-state index is 0.0309. The monoisotopic (exact) mass is 693 g/mol. The summed E-state index contributed by atoms with van der Waals surface area (Å²) in [4.78, 5) is 88.3. The van der Waals surface area contributed by atoms with Crippen molar-refractivity contribution in [2.24, 2.45) is 0 Å². The Morgan fingerprint density at radius 2 is 1.78 bits per heavy atom. The number of hydrogen-bond donors (Lipinski definition) is 5. The number of carboxylic acids is 1. The predicted octanol–water partition coefficient (Wildman–Crippen LogP) is 1.37. The zero-order valence-electron chi connectivity index (χ0n) is 27.0. The number of hydrogen-bond acceptors (Lipinski definition) is 8. The molecule has 5 rings (SSSR count). The number of carboxylic acid groups (broad SMARTS) is 1. The van der Waals surface area contributed by atoms with E-state index >= 15 is 0 Å². The van der Waals surface area contributed by atoms with Gasteiger partial charge in [0.1, 0.15) is 35.5 Å². The first-order valence-corrected chi connectivity index (χ1v) is 16.3. The minimum Gasteiger partial charge on any atom is -0.480 e. The molecule has 0 bridgehead atoms. The Labute approximate surface area is 285 Å². The van der Waals surface area contributed by atoms with Crippen molar-refractivity contribution in [1.82, 2.24) is 36.1 Å². The van der Waals surface area contributed by atoms with Crippen LogP contribution in [-0.2, 0) is 30.4 Å². The molecule has 5 N–H and O–H groups in total. The molecule has 0 saturated carbocycles. The third kappa shape index (κ3) is 9.12. The third-order valence-corrected chi connectivity index (χ3v) is 8.69. The first kappa shape index (κ1) is 35.8. The van der Waals surface area contributed by atoms with Gasteiger partial charge in [-0.15, -0.1) is 0 Å². The summed E-state index contributed by atoms with van der Waals surface area (Å²) in [7, 11) is 0. The molecular weight excluding hydrogens is 656 g/mol. The Bertz CT molecular complexity index is 1790. The quantitative estimate of drug-likeness (QED) is 0.243. The Morgan fingerprint density at radius 1 is 1.00 bits per heavy atom. The summed E-state index contributed by atoms with van der Waals surface area (Å²) in [5.74, 6) is -5.95. The van der Waals surface area contributed by atoms with Gasteiger partial charge in [-0.1, -0.05) is 18.2 Å². The summed E-state index contributed by atoms with van der Waals surface area (Å²) in [6, 6.07) is 5.41. The minimum atomic E-state index is -1.43. The van der Waals surface area contributed by atoms with Gasteiger partial charge in [-0.05, 0) is 62.3 Å². The number of carbonyl (C=O) groups is 6. The molecule has 0 aliphatic carbocycles. The first-order valence-electron chi connectivity index (χ1n) is 16.3. The maximum atomic E-state index is 14.2. The van der Waals surface area contributed by atoms with Gasteiger partial charge in [0.05, 0.1) is 17.2 Å². The van der Waals surface area contributed by atoms with Crippen LogP contribution in [0.1, 0.15) is 61.0 Å². The SMILES string of the molecule is O=C1CC[C@@H](C(=O)O)NC(=O)[C@@H]2C[C@@H](NC(=O)CCc3ccc(F)cc3F)CN2C(=O)[C@@H](NC(=O)c2cnc3ccccc3n2)CCCCN1. The van der Waals surface area contributed by atoms with Crippen LogP contribution in [-0.4, -0.2) is 92.7 Å². The van der Waals surface area contributed by atoms with Gasteiger partial charge in [0.15, 0.2) is 0 Å². The van der Waals surface area contributed by atoms with Gasteiger partial charge < -0.3 is 31.3 Å². The smallest absolute Gasteiger partial charge is 0.326 e. The van der Waals surface area contributed by atoms with Gasteiger partial charge in [-0.25, -0.2) is 18.6 Å². The van der Waals surface area contributed by atoms with Gasteiger partial charge in [0, 0.05) is 38.0 Å². The molecule has 14 nitrogen and oxygen atoms in total. The van der Waals surface area contributed by atoms with E-state index in [0.717, 1.165) is 12.1 Å². The number of nitrogens with one attached hydrogen (secondary N) is 4. The van der Waals surface area contributed by atoms with Crippen LogP contribution in [0, 0.1) is 11.6 Å². The zero-order chi connectivity index (χ0) is 35.8. The third-order valence-electron chi connectivity index (χ3n) is 8.69. The fourth-order valence-electron chi connectivity index (χ4n) is 6.05. The molecule has 2 aromatic carbocycles. The Morgan fingerprint density at radius 3 is 2.54 bits per heavy atom. The van der Waals surface area contributed by atoms with Gasteiger partial charge in [0.2, 0.25) is 23.6 Å². The molecule has 16 heteroatoms. The van der Waals surface area contributed by atoms with E-state index in [0.29, 0.717) is 23.9 Å². The van der Waals surface area contributed by atoms with Crippen LogP contribution in [0.3, 0.4) is 0 Å². The van der Waals surface area contributed by atoms with Crippen LogP contribution in [0.2, 0.25) is 0 Å². The molecule has 50 heavy (non-hydrogen) atoms. The summed E-state index contributed by atoms with van der Waals surface area (Å²) < 4.78 is 27.4. The van der Waals surface area contributed by atoms with Crippen molar-refractivity contribution in [1.29, 1.82) is 0 Å². The highest BCUT2D eigenvalue weighted by atomic mass is 19.1. The van der Waals surface area contributed by atoms with Crippen molar-refractivity contribution >= 4 is 46.5 Å². The van der Waals surface area contributed by atoms with E-state index < -0.39 is 71.3 Å². The molecule has 2 aliphatic rings. The van der Waals surface area contributed by atoms with Gasteiger partial charge in [-0.2, -0.15) is 0 Å². The molecule has 2 aliphatic heterocycles. The molecule has 1 aromatic heterocycles. The lowest BCUT2D eigenvalue weighted by molar-refractivity contribution is -0.144. The van der Waals surface area contributed by atoms with E-state index in [4.69, 9.17) is 0 Å². The van der Waals surface area contributed by atoms with Crippen molar-refractivity contribution in [3.05, 3.63) is 71.6 Å². The largest absolute Gasteiger partial charge is 0.480 e. The fraction of sp³-hybridized carbons (Fsp3) is 0.412. The van der Waals surface area contributed by atoms with Crippen molar-refractivity contribution < 1.29 is 42.7 Å². The molecule has 0 radical (unpaired) electrons. The Balaban J connectivity index is 1.37. The average Bonchev–Trinajstić information content (AvgIpc) is 3.51. The molecule has 5 amide bonds. The first-order chi connectivity index (χ1) is 24.0. The number of rotatable bonds is 7. The molecule has 0 spiro atoms. The molecule has 0 unspecified atom stereocenters. The van der Waals surface area contributed by atoms with E-state index in [-0.39, 0.29) is 62.9 Å². The highest BCUT2D eigenvalue weighted by Crippen LogP contribution is 2.22. The predicted molar refractivity (Wildman–Crippen MR) is 173 cm³/mol.